The van der Waals surface area contributed by atoms with Crippen molar-refractivity contribution < 1.29 is 14.7 Å². The number of nitrogens with one attached hydrogen (secondary N) is 1. The lowest BCUT2D eigenvalue weighted by molar-refractivity contribution is -0.117. The summed E-state index contributed by atoms with van der Waals surface area (Å²) in [6, 6.07) is 12.0. The summed E-state index contributed by atoms with van der Waals surface area (Å²) in [6.07, 6.45) is 1.38. The van der Waals surface area contributed by atoms with Crippen molar-refractivity contribution in [2.24, 2.45) is 0 Å². The number of aromatic hydroxyl groups is 1. The Morgan fingerprint density at radius 1 is 1.13 bits per heavy atom. The molecule has 1 heterocycles. The van der Waals surface area contributed by atoms with E-state index in [1.807, 2.05) is 19.1 Å². The molecule has 0 radical (unpaired) electrons. The molecule has 116 valence electrons. The number of phenolic OH excluding ortho intramolecular Hbond substituents is 1. The number of amides is 2. The number of carbonyl (C=O) groups is 2. The molecule has 0 unspecified atom stereocenters. The van der Waals surface area contributed by atoms with Crippen molar-refractivity contribution in [2.75, 3.05) is 5.01 Å². The van der Waals surface area contributed by atoms with E-state index in [0.717, 1.165) is 10.0 Å². The zero-order valence-electron chi connectivity index (χ0n) is 12.2. The minimum atomic E-state index is -0.505. The highest BCUT2D eigenvalue weighted by Crippen LogP contribution is 2.27. The molecule has 1 fully saturated rings. The number of aryl methyl sites for hydroxylation is 1. The zero-order chi connectivity index (χ0) is 16.6. The monoisotopic (exact) mass is 372 g/mol. The van der Waals surface area contributed by atoms with Crippen molar-refractivity contribution in [2.45, 2.75) is 6.92 Å². The molecular formula is C17H13BrN2O3. The van der Waals surface area contributed by atoms with Crippen LogP contribution in [0.1, 0.15) is 11.1 Å². The fourth-order valence-corrected chi connectivity index (χ4v) is 2.61. The quantitative estimate of drug-likeness (QED) is 0.628. The Balaban J connectivity index is 1.97. The first kappa shape index (κ1) is 15.3. The van der Waals surface area contributed by atoms with Gasteiger partial charge in [0.15, 0.2) is 0 Å². The Hall–Kier alpha value is -2.60. The van der Waals surface area contributed by atoms with E-state index in [1.165, 1.54) is 17.2 Å². The van der Waals surface area contributed by atoms with Gasteiger partial charge in [-0.25, -0.2) is 5.01 Å². The maximum atomic E-state index is 12.5. The first-order chi connectivity index (χ1) is 11.0. The van der Waals surface area contributed by atoms with Crippen molar-refractivity contribution in [3.8, 4) is 5.75 Å². The summed E-state index contributed by atoms with van der Waals surface area (Å²) in [5.41, 5.74) is 4.53. The van der Waals surface area contributed by atoms with Gasteiger partial charge in [0.1, 0.15) is 11.3 Å². The van der Waals surface area contributed by atoms with Crippen LogP contribution in [0.3, 0.4) is 0 Å². The minimum absolute atomic E-state index is 0.00455. The SMILES string of the molecule is Cc1ccc(N2NC(=O)C(=Cc3cc(Br)ccc3O)C2=O)cc1. The molecule has 6 heteroatoms. The van der Waals surface area contributed by atoms with Gasteiger partial charge in [-0.2, -0.15) is 0 Å². The third-order valence-corrected chi connectivity index (χ3v) is 3.97. The van der Waals surface area contributed by atoms with Gasteiger partial charge >= 0.3 is 0 Å². The van der Waals surface area contributed by atoms with Gasteiger partial charge in [0.25, 0.3) is 11.8 Å². The standard InChI is InChI=1S/C17H13BrN2O3/c1-10-2-5-13(6-3-10)20-17(23)14(16(22)19-20)9-11-8-12(18)4-7-15(11)21/h2-9,21H,1H3,(H,19,22). The molecule has 0 bridgehead atoms. The first-order valence-electron chi connectivity index (χ1n) is 6.88. The maximum absolute atomic E-state index is 12.5. The summed E-state index contributed by atoms with van der Waals surface area (Å²) in [6.45, 7) is 1.94. The number of hydrogen-bond donors (Lipinski definition) is 2. The third-order valence-electron chi connectivity index (χ3n) is 3.47. The van der Waals surface area contributed by atoms with Crippen LogP contribution in [-0.2, 0) is 9.59 Å². The summed E-state index contributed by atoms with van der Waals surface area (Å²) in [5.74, 6) is -0.969. The van der Waals surface area contributed by atoms with Crippen LogP contribution in [0.25, 0.3) is 6.08 Å². The third kappa shape index (κ3) is 2.98. The molecule has 2 amide bonds. The Bertz CT molecular complexity index is 828. The van der Waals surface area contributed by atoms with Crippen molar-refractivity contribution in [3.63, 3.8) is 0 Å². The second-order valence-corrected chi connectivity index (χ2v) is 6.09. The molecule has 2 aromatic carbocycles. The molecule has 2 aromatic rings. The highest BCUT2D eigenvalue weighted by atomic mass is 79.9. The molecule has 0 saturated carbocycles. The van der Waals surface area contributed by atoms with E-state index in [9.17, 15) is 14.7 Å². The van der Waals surface area contributed by atoms with Crippen LogP contribution in [0.4, 0.5) is 5.69 Å². The molecular weight excluding hydrogens is 360 g/mol. The van der Waals surface area contributed by atoms with Crippen LogP contribution in [0, 0.1) is 6.92 Å². The number of carbonyl (C=O) groups excluding carboxylic acids is 2. The van der Waals surface area contributed by atoms with Crippen LogP contribution < -0.4 is 10.4 Å². The van der Waals surface area contributed by atoms with Crippen LogP contribution in [0.15, 0.2) is 52.5 Å². The van der Waals surface area contributed by atoms with E-state index in [4.69, 9.17) is 0 Å². The van der Waals surface area contributed by atoms with Crippen LogP contribution in [-0.4, -0.2) is 16.9 Å². The number of halogens is 1. The number of hydrazine groups is 1. The summed E-state index contributed by atoms with van der Waals surface area (Å²) < 4.78 is 0.739. The number of phenols is 1. The number of anilines is 1. The maximum Gasteiger partial charge on any atom is 0.282 e. The van der Waals surface area contributed by atoms with Gasteiger partial charge in [-0.1, -0.05) is 33.6 Å². The topological polar surface area (TPSA) is 69.6 Å². The van der Waals surface area contributed by atoms with Crippen molar-refractivity contribution in [1.82, 2.24) is 5.43 Å². The molecule has 3 rings (SSSR count). The normalized spacial score (nSPS) is 16.1. The van der Waals surface area contributed by atoms with E-state index in [2.05, 4.69) is 21.4 Å². The molecule has 1 saturated heterocycles. The molecule has 5 nitrogen and oxygen atoms in total. The average Bonchev–Trinajstić information content (AvgIpc) is 2.80. The number of hydrogen-bond acceptors (Lipinski definition) is 3. The van der Waals surface area contributed by atoms with Crippen molar-refractivity contribution in [3.05, 3.63) is 63.6 Å². The highest BCUT2D eigenvalue weighted by Gasteiger charge is 2.34. The van der Waals surface area contributed by atoms with E-state index in [1.54, 1.807) is 24.3 Å². The number of rotatable bonds is 2. The smallest absolute Gasteiger partial charge is 0.282 e. The lowest BCUT2D eigenvalue weighted by atomic mass is 10.1. The minimum Gasteiger partial charge on any atom is -0.507 e. The predicted octanol–water partition coefficient (Wildman–Crippen LogP) is 2.92. The molecule has 0 atom stereocenters. The fraction of sp³-hybridized carbons (Fsp3) is 0.0588. The Labute approximate surface area is 141 Å². The number of benzene rings is 2. The summed E-state index contributed by atoms with van der Waals surface area (Å²) in [4.78, 5) is 24.6. The lowest BCUT2D eigenvalue weighted by Crippen LogP contribution is -2.35. The summed E-state index contributed by atoms with van der Waals surface area (Å²) in [7, 11) is 0. The second-order valence-electron chi connectivity index (χ2n) is 5.18. The van der Waals surface area contributed by atoms with Crippen LogP contribution >= 0.6 is 15.9 Å². The Morgan fingerprint density at radius 3 is 2.52 bits per heavy atom. The summed E-state index contributed by atoms with van der Waals surface area (Å²) in [5, 5.41) is 11.1. The molecule has 2 N–H and O–H groups in total. The van der Waals surface area contributed by atoms with Gasteiger partial charge in [0, 0.05) is 10.0 Å². The Kier molecular flexibility index (Phi) is 3.92. The first-order valence-corrected chi connectivity index (χ1v) is 7.67. The number of nitrogens with zero attached hydrogens (tertiary/aromatic N) is 1. The Morgan fingerprint density at radius 2 is 1.83 bits per heavy atom. The van der Waals surface area contributed by atoms with Gasteiger partial charge in [-0.05, 0) is 43.3 Å². The molecule has 0 aliphatic carbocycles. The van der Waals surface area contributed by atoms with Gasteiger partial charge in [-0.3, -0.25) is 15.0 Å². The predicted molar refractivity (Wildman–Crippen MR) is 90.6 cm³/mol. The lowest BCUT2D eigenvalue weighted by Gasteiger charge is -2.14. The molecule has 0 spiro atoms. The van der Waals surface area contributed by atoms with E-state index >= 15 is 0 Å². The summed E-state index contributed by atoms with van der Waals surface area (Å²) >= 11 is 3.29. The highest BCUT2D eigenvalue weighted by molar-refractivity contribution is 9.10. The van der Waals surface area contributed by atoms with Gasteiger partial charge < -0.3 is 5.11 Å². The average molecular weight is 373 g/mol. The largest absolute Gasteiger partial charge is 0.507 e. The van der Waals surface area contributed by atoms with Crippen molar-refractivity contribution >= 4 is 39.5 Å². The van der Waals surface area contributed by atoms with Gasteiger partial charge in [0.2, 0.25) is 0 Å². The van der Waals surface area contributed by atoms with Crippen molar-refractivity contribution in [1.29, 1.82) is 0 Å². The molecule has 1 aliphatic heterocycles. The molecule has 23 heavy (non-hydrogen) atoms. The van der Waals surface area contributed by atoms with E-state index in [-0.39, 0.29) is 11.3 Å². The van der Waals surface area contributed by atoms with Crippen LogP contribution in [0.2, 0.25) is 0 Å². The second kappa shape index (κ2) is 5.89. The van der Waals surface area contributed by atoms with Gasteiger partial charge in [-0.15, -0.1) is 0 Å². The van der Waals surface area contributed by atoms with Gasteiger partial charge in [0.05, 0.1) is 5.69 Å². The fourth-order valence-electron chi connectivity index (χ4n) is 2.23. The van der Waals surface area contributed by atoms with Crippen LogP contribution in [0.5, 0.6) is 5.75 Å². The molecule has 1 aliphatic rings. The van der Waals surface area contributed by atoms with E-state index in [0.29, 0.717) is 11.3 Å². The zero-order valence-corrected chi connectivity index (χ0v) is 13.8. The van der Waals surface area contributed by atoms with E-state index < -0.39 is 11.8 Å². The molecule has 0 aromatic heterocycles.